The molecular formula is C21H34N4O2. The molecule has 6 nitrogen and oxygen atoms in total. The van der Waals surface area contributed by atoms with Crippen molar-refractivity contribution in [3.05, 3.63) is 35.4 Å². The number of nitrogens with one attached hydrogen (secondary N) is 2. The van der Waals surface area contributed by atoms with Gasteiger partial charge in [0.1, 0.15) is 0 Å². The Balaban J connectivity index is 1.92. The molecule has 0 unspecified atom stereocenters. The number of hydrogen-bond donors (Lipinski definition) is 2. The fourth-order valence-corrected chi connectivity index (χ4v) is 3.13. The van der Waals surface area contributed by atoms with E-state index < -0.39 is 0 Å². The number of carbonyl (C=O) groups is 1. The normalized spacial score (nSPS) is 16.2. The highest BCUT2D eigenvalue weighted by molar-refractivity contribution is 5.80. The van der Waals surface area contributed by atoms with Gasteiger partial charge in [-0.05, 0) is 36.3 Å². The van der Waals surface area contributed by atoms with Crippen LogP contribution in [0.4, 0.5) is 4.79 Å². The Kier molecular flexibility index (Phi) is 7.51. The minimum Gasteiger partial charge on any atom is -0.453 e. The number of carbonyl (C=O) groups excluding carboxylic acids is 1. The number of hydrogen-bond acceptors (Lipinski definition) is 3. The van der Waals surface area contributed by atoms with Crippen LogP contribution >= 0.6 is 0 Å². The highest BCUT2D eigenvalue weighted by Crippen LogP contribution is 2.22. The summed E-state index contributed by atoms with van der Waals surface area (Å²) in [5.41, 5.74) is 2.69. The van der Waals surface area contributed by atoms with E-state index in [0.29, 0.717) is 25.7 Å². The van der Waals surface area contributed by atoms with Gasteiger partial charge in [0.05, 0.1) is 13.7 Å². The zero-order valence-electron chi connectivity index (χ0n) is 17.3. The largest absolute Gasteiger partial charge is 0.453 e. The van der Waals surface area contributed by atoms with Crippen LogP contribution in [0.25, 0.3) is 0 Å². The third-order valence-electron chi connectivity index (χ3n) is 4.85. The lowest BCUT2D eigenvalue weighted by Gasteiger charge is -2.32. The topological polar surface area (TPSA) is 66.0 Å². The average Bonchev–Trinajstić information content (AvgIpc) is 2.66. The third kappa shape index (κ3) is 6.45. The summed E-state index contributed by atoms with van der Waals surface area (Å²) in [5, 5.41) is 6.81. The number of benzene rings is 1. The van der Waals surface area contributed by atoms with Gasteiger partial charge in [0.25, 0.3) is 0 Å². The molecule has 0 saturated carbocycles. The maximum absolute atomic E-state index is 11.6. The summed E-state index contributed by atoms with van der Waals surface area (Å²) in [7, 11) is 1.43. The molecule has 0 spiro atoms. The van der Waals surface area contributed by atoms with Crippen molar-refractivity contribution in [1.29, 1.82) is 0 Å². The molecule has 2 rings (SSSR count). The van der Waals surface area contributed by atoms with Gasteiger partial charge in [-0.25, -0.2) is 9.79 Å². The molecule has 27 heavy (non-hydrogen) atoms. The van der Waals surface area contributed by atoms with Crippen molar-refractivity contribution in [2.45, 2.75) is 58.5 Å². The smallest absolute Gasteiger partial charge is 0.409 e. The quantitative estimate of drug-likeness (QED) is 0.627. The molecule has 1 aliphatic heterocycles. The molecule has 1 saturated heterocycles. The molecular weight excluding hydrogens is 340 g/mol. The molecule has 1 amide bonds. The summed E-state index contributed by atoms with van der Waals surface area (Å²) >= 11 is 0. The van der Waals surface area contributed by atoms with E-state index in [-0.39, 0.29) is 11.5 Å². The second kappa shape index (κ2) is 9.62. The van der Waals surface area contributed by atoms with E-state index in [4.69, 9.17) is 9.73 Å². The van der Waals surface area contributed by atoms with Gasteiger partial charge in [-0.2, -0.15) is 0 Å². The monoisotopic (exact) mass is 374 g/mol. The zero-order chi connectivity index (χ0) is 19.9. The number of methoxy groups -OCH3 is 1. The van der Waals surface area contributed by atoms with Gasteiger partial charge in [0.2, 0.25) is 0 Å². The van der Waals surface area contributed by atoms with Crippen LogP contribution in [0.2, 0.25) is 0 Å². The second-order valence-electron chi connectivity index (χ2n) is 8.02. The molecule has 1 fully saturated rings. The standard InChI is InChI=1S/C21H34N4O2/c1-6-22-19(24-18-11-13-25(14-12-18)20(26)27-5)23-15-16-7-9-17(10-8-16)21(2,3)4/h7-10,18H,6,11-15H2,1-5H3,(H2,22,23,24). The second-order valence-corrected chi connectivity index (χ2v) is 8.02. The molecule has 0 bridgehead atoms. The van der Waals surface area contributed by atoms with E-state index in [2.05, 4.69) is 62.6 Å². The first kappa shape index (κ1) is 21.1. The number of likely N-dealkylation sites (tertiary alicyclic amines) is 1. The first-order valence-corrected chi connectivity index (χ1v) is 9.80. The van der Waals surface area contributed by atoms with Crippen molar-refractivity contribution in [3.63, 3.8) is 0 Å². The highest BCUT2D eigenvalue weighted by Gasteiger charge is 2.23. The van der Waals surface area contributed by atoms with Gasteiger partial charge < -0.3 is 20.3 Å². The number of aliphatic imine (C=N–C) groups is 1. The van der Waals surface area contributed by atoms with Crippen LogP contribution < -0.4 is 10.6 Å². The summed E-state index contributed by atoms with van der Waals surface area (Å²) in [6.07, 6.45) is 1.53. The lowest BCUT2D eigenvalue weighted by Crippen LogP contribution is -2.49. The molecule has 0 aliphatic carbocycles. The Morgan fingerprint density at radius 3 is 2.37 bits per heavy atom. The van der Waals surface area contributed by atoms with Crippen LogP contribution in [0.15, 0.2) is 29.3 Å². The summed E-state index contributed by atoms with van der Waals surface area (Å²) < 4.78 is 4.79. The highest BCUT2D eigenvalue weighted by atomic mass is 16.5. The van der Waals surface area contributed by atoms with Gasteiger partial charge in [0, 0.05) is 25.7 Å². The van der Waals surface area contributed by atoms with E-state index in [1.54, 1.807) is 4.90 Å². The van der Waals surface area contributed by atoms with E-state index in [1.165, 1.54) is 18.2 Å². The molecule has 1 aliphatic rings. The Hall–Kier alpha value is -2.24. The molecule has 0 atom stereocenters. The van der Waals surface area contributed by atoms with E-state index in [0.717, 1.165) is 25.3 Å². The lowest BCUT2D eigenvalue weighted by molar-refractivity contribution is 0.111. The molecule has 2 N–H and O–H groups in total. The average molecular weight is 375 g/mol. The van der Waals surface area contributed by atoms with Gasteiger partial charge >= 0.3 is 6.09 Å². The first-order valence-electron chi connectivity index (χ1n) is 9.80. The molecule has 0 aromatic heterocycles. The van der Waals surface area contributed by atoms with Crippen molar-refractivity contribution in [2.24, 2.45) is 4.99 Å². The first-order chi connectivity index (χ1) is 12.8. The van der Waals surface area contributed by atoms with Crippen molar-refractivity contribution < 1.29 is 9.53 Å². The Morgan fingerprint density at radius 1 is 1.22 bits per heavy atom. The molecule has 1 aromatic rings. The molecule has 6 heteroatoms. The lowest BCUT2D eigenvalue weighted by atomic mass is 9.87. The van der Waals surface area contributed by atoms with Crippen LogP contribution in [0.1, 0.15) is 51.7 Å². The predicted octanol–water partition coefficient (Wildman–Crippen LogP) is 3.27. The Morgan fingerprint density at radius 2 is 1.85 bits per heavy atom. The number of guanidine groups is 1. The van der Waals surface area contributed by atoms with Crippen LogP contribution in [-0.2, 0) is 16.7 Å². The molecule has 1 heterocycles. The summed E-state index contributed by atoms with van der Waals surface area (Å²) in [6.45, 7) is 11.6. The number of amides is 1. The zero-order valence-corrected chi connectivity index (χ0v) is 17.3. The third-order valence-corrected chi connectivity index (χ3v) is 4.85. The predicted molar refractivity (Wildman–Crippen MR) is 110 cm³/mol. The van der Waals surface area contributed by atoms with Crippen molar-refractivity contribution in [2.75, 3.05) is 26.7 Å². The molecule has 1 aromatic carbocycles. The van der Waals surface area contributed by atoms with Gasteiger partial charge in [-0.15, -0.1) is 0 Å². The van der Waals surface area contributed by atoms with E-state index >= 15 is 0 Å². The van der Waals surface area contributed by atoms with Crippen molar-refractivity contribution in [3.8, 4) is 0 Å². The maximum atomic E-state index is 11.6. The fourth-order valence-electron chi connectivity index (χ4n) is 3.13. The number of ether oxygens (including phenoxy) is 1. The number of rotatable bonds is 4. The van der Waals surface area contributed by atoms with Crippen LogP contribution in [-0.4, -0.2) is 49.7 Å². The Bertz CT molecular complexity index is 627. The number of nitrogens with zero attached hydrogens (tertiary/aromatic N) is 2. The van der Waals surface area contributed by atoms with E-state index in [9.17, 15) is 4.79 Å². The van der Waals surface area contributed by atoms with Crippen molar-refractivity contribution in [1.82, 2.24) is 15.5 Å². The van der Waals surface area contributed by atoms with Crippen LogP contribution in [0, 0.1) is 0 Å². The molecule has 150 valence electrons. The summed E-state index contributed by atoms with van der Waals surface area (Å²) in [4.78, 5) is 18.1. The van der Waals surface area contributed by atoms with Gasteiger partial charge in [-0.1, -0.05) is 45.0 Å². The van der Waals surface area contributed by atoms with E-state index in [1.807, 2.05) is 0 Å². The van der Waals surface area contributed by atoms with Crippen LogP contribution in [0.3, 0.4) is 0 Å². The summed E-state index contributed by atoms with van der Waals surface area (Å²) in [5.74, 6) is 0.828. The minimum atomic E-state index is -0.243. The maximum Gasteiger partial charge on any atom is 0.409 e. The SMILES string of the molecule is CCNC(=NCc1ccc(C(C)(C)C)cc1)NC1CCN(C(=O)OC)CC1. The minimum absolute atomic E-state index is 0.164. The molecule has 0 radical (unpaired) electrons. The van der Waals surface area contributed by atoms with Crippen molar-refractivity contribution >= 4 is 12.1 Å². The summed E-state index contributed by atoms with van der Waals surface area (Å²) in [6, 6.07) is 9.00. The number of piperidine rings is 1. The fraction of sp³-hybridized carbons (Fsp3) is 0.619. The Labute approximate surface area is 163 Å². The van der Waals surface area contributed by atoms with Gasteiger partial charge in [0.15, 0.2) is 5.96 Å². The van der Waals surface area contributed by atoms with Crippen LogP contribution in [0.5, 0.6) is 0 Å². The van der Waals surface area contributed by atoms with Gasteiger partial charge in [-0.3, -0.25) is 0 Å².